The Bertz CT molecular complexity index is 253. The van der Waals surface area contributed by atoms with Gasteiger partial charge in [0, 0.05) is 12.8 Å². The van der Waals surface area contributed by atoms with Crippen LogP contribution in [0, 0.1) is 11.8 Å². The van der Waals surface area contributed by atoms with Crippen LogP contribution in [0.1, 0.15) is 47.0 Å². The van der Waals surface area contributed by atoms with Crippen LogP contribution in [0.4, 0.5) is 0 Å². The second-order valence-corrected chi connectivity index (χ2v) is 4.91. The topological polar surface area (TPSA) is 26.3 Å². The van der Waals surface area contributed by atoms with Crippen molar-refractivity contribution in [2.24, 2.45) is 11.8 Å². The fourth-order valence-corrected chi connectivity index (χ4v) is 2.62. The first-order valence-electron chi connectivity index (χ1n) is 5.82. The number of carbonyl (C=O) groups is 1. The lowest BCUT2D eigenvalue weighted by Gasteiger charge is -2.39. The van der Waals surface area contributed by atoms with Gasteiger partial charge in [0.25, 0.3) is 0 Å². The predicted octanol–water partition coefficient (Wildman–Crippen LogP) is 3.32. The molecule has 0 amide bonds. The fourth-order valence-electron chi connectivity index (χ4n) is 2.62. The van der Waals surface area contributed by atoms with Gasteiger partial charge in [-0.25, -0.2) is 0 Å². The summed E-state index contributed by atoms with van der Waals surface area (Å²) in [4.78, 5) is 11.1. The predicted molar refractivity (Wildman–Crippen MR) is 61.5 cm³/mol. The maximum absolute atomic E-state index is 11.1. The molecule has 0 saturated heterocycles. The smallest absolute Gasteiger partial charge is 0.303 e. The van der Waals surface area contributed by atoms with Crippen molar-refractivity contribution in [2.45, 2.75) is 52.6 Å². The van der Waals surface area contributed by atoms with E-state index in [2.05, 4.69) is 19.1 Å². The lowest BCUT2D eigenvalue weighted by molar-refractivity contribution is -0.161. The van der Waals surface area contributed by atoms with Gasteiger partial charge in [0.1, 0.15) is 5.60 Å². The molecule has 0 aliphatic heterocycles. The summed E-state index contributed by atoms with van der Waals surface area (Å²) >= 11 is 0. The molecule has 0 N–H and O–H groups in total. The fraction of sp³-hybridized carbons (Fsp3) is 0.769. The monoisotopic (exact) mass is 210 g/mol. The second-order valence-electron chi connectivity index (χ2n) is 4.91. The lowest BCUT2D eigenvalue weighted by atomic mass is 9.73. The average molecular weight is 210 g/mol. The number of esters is 1. The summed E-state index contributed by atoms with van der Waals surface area (Å²) in [5.41, 5.74) is -0.336. The highest BCUT2D eigenvalue weighted by molar-refractivity contribution is 5.66. The van der Waals surface area contributed by atoms with Gasteiger partial charge < -0.3 is 4.74 Å². The molecule has 0 saturated carbocycles. The zero-order valence-corrected chi connectivity index (χ0v) is 10.2. The molecule has 0 heterocycles. The van der Waals surface area contributed by atoms with Crippen LogP contribution in [0.15, 0.2) is 12.2 Å². The van der Waals surface area contributed by atoms with Crippen molar-refractivity contribution in [3.05, 3.63) is 12.2 Å². The number of hydrogen-bond donors (Lipinski definition) is 0. The zero-order chi connectivity index (χ0) is 11.5. The Morgan fingerprint density at radius 3 is 2.53 bits per heavy atom. The highest BCUT2D eigenvalue weighted by Crippen LogP contribution is 2.38. The van der Waals surface area contributed by atoms with Gasteiger partial charge in [0.2, 0.25) is 0 Å². The molecule has 2 unspecified atom stereocenters. The summed E-state index contributed by atoms with van der Waals surface area (Å²) in [6.07, 6.45) is 7.75. The minimum Gasteiger partial charge on any atom is -0.460 e. The maximum atomic E-state index is 11.1. The van der Waals surface area contributed by atoms with Crippen LogP contribution < -0.4 is 0 Å². The summed E-state index contributed by atoms with van der Waals surface area (Å²) in [5.74, 6) is 0.921. The van der Waals surface area contributed by atoms with E-state index >= 15 is 0 Å². The Morgan fingerprint density at radius 1 is 1.40 bits per heavy atom. The molecule has 1 aliphatic rings. The number of carbonyl (C=O) groups excluding carboxylic acids is 1. The van der Waals surface area contributed by atoms with E-state index in [0.717, 1.165) is 19.3 Å². The number of ether oxygens (including phenoxy) is 1. The summed E-state index contributed by atoms with van der Waals surface area (Å²) in [5, 5.41) is 0. The van der Waals surface area contributed by atoms with E-state index in [-0.39, 0.29) is 11.6 Å². The van der Waals surface area contributed by atoms with E-state index in [4.69, 9.17) is 4.74 Å². The molecule has 0 fully saturated rings. The van der Waals surface area contributed by atoms with E-state index in [1.54, 1.807) is 0 Å². The van der Waals surface area contributed by atoms with Crippen LogP contribution >= 0.6 is 0 Å². The van der Waals surface area contributed by atoms with Crippen molar-refractivity contribution in [2.75, 3.05) is 0 Å². The average Bonchev–Trinajstić information content (AvgIpc) is 2.16. The molecule has 1 rings (SSSR count). The van der Waals surface area contributed by atoms with Gasteiger partial charge in [-0.3, -0.25) is 4.79 Å². The number of hydrogen-bond acceptors (Lipinski definition) is 2. The van der Waals surface area contributed by atoms with Crippen molar-refractivity contribution in [1.29, 1.82) is 0 Å². The first kappa shape index (κ1) is 12.3. The SMILES string of the molecule is CCC1CC=CCC1C(C)(C)OC(C)=O. The minimum absolute atomic E-state index is 0.176. The van der Waals surface area contributed by atoms with Gasteiger partial charge in [-0.1, -0.05) is 25.5 Å². The van der Waals surface area contributed by atoms with Crippen molar-refractivity contribution in [3.63, 3.8) is 0 Å². The van der Waals surface area contributed by atoms with Crippen LogP contribution in [0.5, 0.6) is 0 Å². The minimum atomic E-state index is -0.336. The molecule has 0 aromatic carbocycles. The first-order chi connectivity index (χ1) is 6.97. The highest BCUT2D eigenvalue weighted by Gasteiger charge is 2.37. The third-order valence-electron chi connectivity index (χ3n) is 3.39. The Balaban J connectivity index is 2.74. The van der Waals surface area contributed by atoms with E-state index in [1.165, 1.54) is 6.92 Å². The molecule has 1 aliphatic carbocycles. The van der Waals surface area contributed by atoms with Crippen LogP contribution in [-0.2, 0) is 9.53 Å². The number of rotatable bonds is 3. The first-order valence-corrected chi connectivity index (χ1v) is 5.82. The molecular weight excluding hydrogens is 188 g/mol. The van der Waals surface area contributed by atoms with Crippen molar-refractivity contribution in [3.8, 4) is 0 Å². The van der Waals surface area contributed by atoms with Crippen molar-refractivity contribution in [1.82, 2.24) is 0 Å². The quantitative estimate of drug-likeness (QED) is 0.527. The van der Waals surface area contributed by atoms with Gasteiger partial charge >= 0.3 is 5.97 Å². The third-order valence-corrected chi connectivity index (χ3v) is 3.39. The molecular formula is C13H22O2. The highest BCUT2D eigenvalue weighted by atomic mass is 16.6. The summed E-state index contributed by atoms with van der Waals surface area (Å²) in [7, 11) is 0. The largest absolute Gasteiger partial charge is 0.460 e. The Morgan fingerprint density at radius 2 is 2.00 bits per heavy atom. The molecule has 0 aromatic rings. The standard InChI is InChI=1S/C13H22O2/c1-5-11-8-6-7-9-12(11)13(3,4)15-10(2)14/h6-7,11-12H,5,8-9H2,1-4H3. The van der Waals surface area contributed by atoms with E-state index in [1.807, 2.05) is 13.8 Å². The molecule has 0 bridgehead atoms. The van der Waals surface area contributed by atoms with Crippen LogP contribution in [0.2, 0.25) is 0 Å². The van der Waals surface area contributed by atoms with Crippen LogP contribution in [-0.4, -0.2) is 11.6 Å². The maximum Gasteiger partial charge on any atom is 0.303 e. The van der Waals surface area contributed by atoms with Gasteiger partial charge in [-0.15, -0.1) is 0 Å². The zero-order valence-electron chi connectivity index (χ0n) is 10.2. The Labute approximate surface area is 92.7 Å². The van der Waals surface area contributed by atoms with Crippen LogP contribution in [0.3, 0.4) is 0 Å². The molecule has 0 radical (unpaired) electrons. The molecule has 86 valence electrons. The second kappa shape index (κ2) is 4.82. The van der Waals surface area contributed by atoms with E-state index in [9.17, 15) is 4.79 Å². The van der Waals surface area contributed by atoms with E-state index in [0.29, 0.717) is 11.8 Å². The molecule has 2 nitrogen and oxygen atoms in total. The molecule has 0 spiro atoms. The van der Waals surface area contributed by atoms with Gasteiger partial charge in [0.15, 0.2) is 0 Å². The van der Waals surface area contributed by atoms with Gasteiger partial charge in [0.05, 0.1) is 0 Å². The molecule has 2 atom stereocenters. The van der Waals surface area contributed by atoms with Crippen LogP contribution in [0.25, 0.3) is 0 Å². The summed E-state index contributed by atoms with van der Waals surface area (Å²) in [6, 6.07) is 0. The van der Waals surface area contributed by atoms with E-state index < -0.39 is 0 Å². The Hall–Kier alpha value is -0.790. The van der Waals surface area contributed by atoms with Crippen molar-refractivity contribution >= 4 is 5.97 Å². The summed E-state index contributed by atoms with van der Waals surface area (Å²) < 4.78 is 5.44. The summed E-state index contributed by atoms with van der Waals surface area (Å²) in [6.45, 7) is 7.75. The normalized spacial score (nSPS) is 26.4. The third kappa shape index (κ3) is 3.08. The van der Waals surface area contributed by atoms with Gasteiger partial charge in [-0.05, 0) is 32.6 Å². The molecule has 15 heavy (non-hydrogen) atoms. The lowest BCUT2D eigenvalue weighted by Crippen LogP contribution is -2.40. The van der Waals surface area contributed by atoms with Gasteiger partial charge in [-0.2, -0.15) is 0 Å². The van der Waals surface area contributed by atoms with Crippen molar-refractivity contribution < 1.29 is 9.53 Å². The Kier molecular flexibility index (Phi) is 3.95. The number of allylic oxidation sites excluding steroid dienone is 2. The molecule has 2 heteroatoms. The molecule has 0 aromatic heterocycles.